The summed E-state index contributed by atoms with van der Waals surface area (Å²) in [5, 5.41) is 11.7. The third-order valence-corrected chi connectivity index (χ3v) is 6.80. The van der Waals surface area contributed by atoms with E-state index in [4.69, 9.17) is 9.47 Å². The molecular formula is C31H31NO6. The summed E-state index contributed by atoms with van der Waals surface area (Å²) >= 11 is 0. The minimum absolute atomic E-state index is 0.0364. The van der Waals surface area contributed by atoms with Gasteiger partial charge in [0.15, 0.2) is 0 Å². The number of amides is 1. The first-order chi connectivity index (χ1) is 18.0. The average Bonchev–Trinajstić information content (AvgIpc) is 3.17. The van der Waals surface area contributed by atoms with Crippen LogP contribution >= 0.6 is 0 Å². The minimum Gasteiger partial charge on any atom is -0.507 e. The van der Waals surface area contributed by atoms with Crippen LogP contribution in [0.25, 0.3) is 5.76 Å². The van der Waals surface area contributed by atoms with Crippen molar-refractivity contribution in [3.63, 3.8) is 0 Å². The van der Waals surface area contributed by atoms with Crippen LogP contribution in [0.1, 0.15) is 59.4 Å². The molecule has 3 aromatic rings. The highest BCUT2D eigenvalue weighted by Gasteiger charge is 2.48. The molecule has 7 nitrogen and oxygen atoms in total. The molecule has 1 heterocycles. The van der Waals surface area contributed by atoms with Crippen molar-refractivity contribution < 1.29 is 29.0 Å². The molecule has 0 aromatic heterocycles. The Balaban J connectivity index is 1.97. The number of Topliss-reactive ketones (excluding diaryl/α,β-unsaturated/α-hetero) is 1. The first-order valence-corrected chi connectivity index (χ1v) is 12.2. The molecule has 0 bridgehead atoms. The van der Waals surface area contributed by atoms with Gasteiger partial charge in [-0.2, -0.15) is 0 Å². The summed E-state index contributed by atoms with van der Waals surface area (Å²) in [4.78, 5) is 40.4. The monoisotopic (exact) mass is 513 g/mol. The molecular weight excluding hydrogens is 482 g/mol. The molecule has 196 valence electrons. The van der Waals surface area contributed by atoms with Crippen molar-refractivity contribution in [1.29, 1.82) is 0 Å². The number of para-hydroxylation sites is 1. The lowest BCUT2D eigenvalue weighted by Crippen LogP contribution is -2.29. The van der Waals surface area contributed by atoms with Crippen LogP contribution in [0.2, 0.25) is 0 Å². The van der Waals surface area contributed by atoms with E-state index >= 15 is 0 Å². The van der Waals surface area contributed by atoms with E-state index in [1.807, 2.05) is 25.1 Å². The molecule has 0 radical (unpaired) electrons. The molecule has 4 rings (SSSR count). The zero-order chi connectivity index (χ0) is 27.8. The van der Waals surface area contributed by atoms with Gasteiger partial charge in [-0.1, -0.05) is 51.1 Å². The highest BCUT2D eigenvalue weighted by Crippen LogP contribution is 2.45. The predicted octanol–water partition coefficient (Wildman–Crippen LogP) is 5.71. The SMILES string of the molecule is COC(=O)c1ccc(N2C(=O)C(=O)/C(=C(/O)c3cc(C(C)(C)C)ccc3C)C2c2ccccc2OC)cc1. The smallest absolute Gasteiger partial charge is 0.337 e. The Hall–Kier alpha value is -4.39. The van der Waals surface area contributed by atoms with E-state index in [2.05, 4.69) is 20.8 Å². The number of rotatable bonds is 5. The molecule has 1 N–H and O–H groups in total. The number of anilines is 1. The Bertz CT molecular complexity index is 1450. The van der Waals surface area contributed by atoms with Crippen LogP contribution < -0.4 is 9.64 Å². The zero-order valence-corrected chi connectivity index (χ0v) is 22.4. The molecule has 0 saturated carbocycles. The van der Waals surface area contributed by atoms with Crippen LogP contribution in [-0.4, -0.2) is 37.0 Å². The van der Waals surface area contributed by atoms with E-state index in [9.17, 15) is 19.5 Å². The second-order valence-electron chi connectivity index (χ2n) is 10.2. The molecule has 0 spiro atoms. The molecule has 1 aliphatic rings. The number of carbonyl (C=O) groups is 3. The van der Waals surface area contributed by atoms with Crippen LogP contribution in [0.3, 0.4) is 0 Å². The fraction of sp³-hybridized carbons (Fsp3) is 0.258. The largest absolute Gasteiger partial charge is 0.507 e. The van der Waals surface area contributed by atoms with Crippen molar-refractivity contribution in [3.8, 4) is 5.75 Å². The lowest BCUT2D eigenvalue weighted by Gasteiger charge is -2.27. The third-order valence-electron chi connectivity index (χ3n) is 6.80. The summed E-state index contributed by atoms with van der Waals surface area (Å²) < 4.78 is 10.4. The summed E-state index contributed by atoms with van der Waals surface area (Å²) in [6.45, 7) is 8.04. The summed E-state index contributed by atoms with van der Waals surface area (Å²) in [5.41, 5.74) is 3.22. The Morgan fingerprint density at radius 1 is 0.947 bits per heavy atom. The zero-order valence-electron chi connectivity index (χ0n) is 22.4. The Labute approximate surface area is 222 Å². The number of hydrogen-bond acceptors (Lipinski definition) is 6. The number of aliphatic hydroxyl groups is 1. The highest BCUT2D eigenvalue weighted by atomic mass is 16.5. The Morgan fingerprint density at radius 3 is 2.21 bits per heavy atom. The molecule has 1 saturated heterocycles. The maximum atomic E-state index is 13.6. The molecule has 7 heteroatoms. The molecule has 0 aliphatic carbocycles. The van der Waals surface area contributed by atoms with E-state index < -0.39 is 23.7 Å². The van der Waals surface area contributed by atoms with Crippen LogP contribution in [0.5, 0.6) is 5.75 Å². The molecule has 3 aromatic carbocycles. The van der Waals surface area contributed by atoms with Crippen LogP contribution in [-0.2, 0) is 19.7 Å². The van der Waals surface area contributed by atoms with Crippen molar-refractivity contribution in [2.45, 2.75) is 39.2 Å². The maximum absolute atomic E-state index is 13.6. The highest BCUT2D eigenvalue weighted by molar-refractivity contribution is 6.51. The van der Waals surface area contributed by atoms with E-state index in [0.717, 1.165) is 11.1 Å². The number of aliphatic hydroxyl groups excluding tert-OH is 1. The molecule has 1 atom stereocenters. The summed E-state index contributed by atoms with van der Waals surface area (Å²) in [6.07, 6.45) is 0. The van der Waals surface area contributed by atoms with Crippen LogP contribution in [0.4, 0.5) is 5.69 Å². The number of nitrogens with zero attached hydrogens (tertiary/aromatic N) is 1. The predicted molar refractivity (Wildman–Crippen MR) is 145 cm³/mol. The van der Waals surface area contributed by atoms with Gasteiger partial charge in [-0.05, 0) is 59.9 Å². The minimum atomic E-state index is -0.965. The lowest BCUT2D eigenvalue weighted by atomic mass is 9.84. The van der Waals surface area contributed by atoms with Gasteiger partial charge in [0.1, 0.15) is 11.5 Å². The standard InChI is InChI=1S/C31H31NO6/c1-18-11-14-20(31(2,3)4)17-23(18)27(33)25-26(22-9-7-8-10-24(22)37-5)32(29(35)28(25)34)21-15-12-19(13-16-21)30(36)38-6/h7-17,26,33H,1-6H3/b27-25+. The average molecular weight is 514 g/mol. The van der Waals surface area contributed by atoms with E-state index in [1.165, 1.54) is 31.3 Å². The lowest BCUT2D eigenvalue weighted by molar-refractivity contribution is -0.132. The van der Waals surface area contributed by atoms with Gasteiger partial charge < -0.3 is 14.6 Å². The van der Waals surface area contributed by atoms with Crippen molar-refractivity contribution in [2.24, 2.45) is 0 Å². The maximum Gasteiger partial charge on any atom is 0.337 e. The van der Waals surface area contributed by atoms with Crippen LogP contribution in [0.15, 0.2) is 72.3 Å². The summed E-state index contributed by atoms with van der Waals surface area (Å²) in [6, 6.07) is 18.1. The van der Waals surface area contributed by atoms with Gasteiger partial charge >= 0.3 is 5.97 Å². The third kappa shape index (κ3) is 4.67. The normalized spacial score (nSPS) is 17.0. The number of benzene rings is 3. The molecule has 1 unspecified atom stereocenters. The number of aryl methyl sites for hydroxylation is 1. The fourth-order valence-electron chi connectivity index (χ4n) is 4.65. The van der Waals surface area contributed by atoms with E-state index in [1.54, 1.807) is 36.4 Å². The number of esters is 1. The Kier molecular flexibility index (Phi) is 7.14. The van der Waals surface area contributed by atoms with E-state index in [0.29, 0.717) is 28.1 Å². The van der Waals surface area contributed by atoms with Gasteiger partial charge in [-0.3, -0.25) is 14.5 Å². The summed E-state index contributed by atoms with van der Waals surface area (Å²) in [5.74, 6) is -1.92. The quantitative estimate of drug-likeness (QED) is 0.203. The second-order valence-corrected chi connectivity index (χ2v) is 10.2. The number of carbonyl (C=O) groups excluding carboxylic acids is 3. The van der Waals surface area contributed by atoms with Gasteiger partial charge in [0.05, 0.1) is 31.4 Å². The number of ether oxygens (including phenoxy) is 2. The number of hydrogen-bond donors (Lipinski definition) is 1. The van der Waals surface area contributed by atoms with Crippen molar-refractivity contribution in [1.82, 2.24) is 0 Å². The molecule has 1 amide bonds. The first kappa shape index (κ1) is 26.7. The van der Waals surface area contributed by atoms with E-state index in [-0.39, 0.29) is 16.7 Å². The van der Waals surface area contributed by atoms with Gasteiger partial charge in [-0.25, -0.2) is 4.79 Å². The topological polar surface area (TPSA) is 93.1 Å². The van der Waals surface area contributed by atoms with Crippen molar-refractivity contribution in [3.05, 3.63) is 100 Å². The van der Waals surface area contributed by atoms with Gasteiger partial charge in [0.2, 0.25) is 0 Å². The molecule has 38 heavy (non-hydrogen) atoms. The Morgan fingerprint density at radius 2 is 1.61 bits per heavy atom. The van der Waals surface area contributed by atoms with Crippen LogP contribution in [0, 0.1) is 6.92 Å². The van der Waals surface area contributed by atoms with Crippen molar-refractivity contribution >= 4 is 29.1 Å². The van der Waals surface area contributed by atoms with Gasteiger partial charge in [0, 0.05) is 16.8 Å². The molecule has 1 fully saturated rings. The van der Waals surface area contributed by atoms with Crippen molar-refractivity contribution in [2.75, 3.05) is 19.1 Å². The fourth-order valence-corrected chi connectivity index (χ4v) is 4.65. The summed E-state index contributed by atoms with van der Waals surface area (Å²) in [7, 11) is 2.79. The number of ketones is 1. The number of methoxy groups -OCH3 is 2. The second kappa shape index (κ2) is 10.2. The van der Waals surface area contributed by atoms with Gasteiger partial charge in [0.25, 0.3) is 11.7 Å². The molecule has 1 aliphatic heterocycles. The van der Waals surface area contributed by atoms with Gasteiger partial charge in [-0.15, -0.1) is 0 Å². The first-order valence-electron chi connectivity index (χ1n) is 12.2.